The summed E-state index contributed by atoms with van der Waals surface area (Å²) in [5, 5.41) is 8.40. The summed E-state index contributed by atoms with van der Waals surface area (Å²) in [7, 11) is 1.93. The molecule has 1 amide bonds. The summed E-state index contributed by atoms with van der Waals surface area (Å²) >= 11 is 0. The number of likely N-dealkylation sites (tertiary alicyclic amines) is 1. The lowest BCUT2D eigenvalue weighted by atomic mass is 9.79. The van der Waals surface area contributed by atoms with Gasteiger partial charge >= 0.3 is 0 Å². The number of amides is 1. The van der Waals surface area contributed by atoms with Gasteiger partial charge in [0.2, 0.25) is 5.91 Å². The highest BCUT2D eigenvalue weighted by Gasteiger charge is 2.36. The molecule has 33 heavy (non-hydrogen) atoms. The molecule has 2 aliphatic rings. The molecular weight excluding hydrogens is 410 g/mol. The average Bonchev–Trinajstić information content (AvgIpc) is 3.08. The van der Waals surface area contributed by atoms with Gasteiger partial charge in [-0.1, -0.05) is 30.3 Å². The highest BCUT2D eigenvalue weighted by atomic mass is 16.2. The second-order valence-electron chi connectivity index (χ2n) is 10.2. The molecule has 0 aliphatic carbocycles. The van der Waals surface area contributed by atoms with Crippen LogP contribution in [-0.4, -0.2) is 58.2 Å². The number of aryl methyl sites for hydroxylation is 2. The Morgan fingerprint density at radius 2 is 2.00 bits per heavy atom. The van der Waals surface area contributed by atoms with Gasteiger partial charge in [0.05, 0.1) is 5.69 Å². The van der Waals surface area contributed by atoms with Gasteiger partial charge in [0.1, 0.15) is 0 Å². The summed E-state index contributed by atoms with van der Waals surface area (Å²) in [4.78, 5) is 17.3. The number of carbonyl (C=O) groups is 1. The molecule has 1 N–H and O–H groups in total. The lowest BCUT2D eigenvalue weighted by molar-refractivity contribution is -0.130. The third-order valence-corrected chi connectivity index (χ3v) is 7.69. The van der Waals surface area contributed by atoms with Gasteiger partial charge in [0, 0.05) is 63.5 Å². The van der Waals surface area contributed by atoms with E-state index in [0.29, 0.717) is 24.9 Å². The van der Waals surface area contributed by atoms with Crippen LogP contribution in [0, 0.1) is 25.7 Å². The molecule has 4 rings (SSSR count). The molecule has 2 bridgehead atoms. The Hall–Kier alpha value is -2.18. The lowest BCUT2D eigenvalue weighted by Gasteiger charge is -2.46. The van der Waals surface area contributed by atoms with Gasteiger partial charge in [-0.15, -0.1) is 0 Å². The molecule has 3 atom stereocenters. The van der Waals surface area contributed by atoms with E-state index < -0.39 is 0 Å². The number of fused-ring (bicyclic) bond motifs is 2. The Bertz CT molecular complexity index is 924. The molecule has 6 nitrogen and oxygen atoms in total. The molecule has 2 aliphatic heterocycles. The Morgan fingerprint density at radius 1 is 1.21 bits per heavy atom. The number of hydrogen-bond donors (Lipinski definition) is 1. The number of hydrogen-bond acceptors (Lipinski definition) is 4. The first kappa shape index (κ1) is 24.0. The second-order valence-corrected chi connectivity index (χ2v) is 10.2. The first-order valence-corrected chi connectivity index (χ1v) is 12.7. The maximum atomic E-state index is 12.8. The van der Waals surface area contributed by atoms with Crippen LogP contribution in [-0.2, 0) is 24.4 Å². The molecular formula is C27H41N5O. The van der Waals surface area contributed by atoms with E-state index in [1.54, 1.807) is 0 Å². The van der Waals surface area contributed by atoms with Crippen molar-refractivity contribution in [3.8, 4) is 0 Å². The zero-order valence-corrected chi connectivity index (χ0v) is 20.9. The number of nitrogens with zero attached hydrogens (tertiary/aromatic N) is 4. The van der Waals surface area contributed by atoms with E-state index in [2.05, 4.69) is 59.5 Å². The normalized spacial score (nSPS) is 23.0. The Morgan fingerprint density at radius 3 is 2.73 bits per heavy atom. The monoisotopic (exact) mass is 451 g/mol. The number of carbonyl (C=O) groups excluding carboxylic acids is 1. The lowest BCUT2D eigenvalue weighted by Crippen LogP contribution is -2.55. The zero-order valence-electron chi connectivity index (χ0n) is 20.9. The molecule has 0 spiro atoms. The maximum absolute atomic E-state index is 12.8. The first-order valence-electron chi connectivity index (χ1n) is 12.7. The standard InChI is InChI=1S/C27H41N5O/c1-5-32-21(3)25(20(2)29-32)19-30(4)27(33)13-9-12-26-24-14-23(15-28-26)17-31(18-24)16-22-10-7-6-8-11-22/h6-8,10-11,23-24,26,28H,5,9,12-19H2,1-4H3/t23-,24+,26+/m0/s1. The van der Waals surface area contributed by atoms with Gasteiger partial charge in [0.25, 0.3) is 0 Å². The Kier molecular flexibility index (Phi) is 7.86. The van der Waals surface area contributed by atoms with Gasteiger partial charge < -0.3 is 10.2 Å². The van der Waals surface area contributed by atoms with Crippen LogP contribution >= 0.6 is 0 Å². The number of benzene rings is 1. The minimum absolute atomic E-state index is 0.237. The van der Waals surface area contributed by atoms with Gasteiger partial charge in [-0.25, -0.2) is 0 Å². The Labute approximate surface area is 199 Å². The molecule has 0 radical (unpaired) electrons. The topological polar surface area (TPSA) is 53.4 Å². The van der Waals surface area contributed by atoms with E-state index >= 15 is 0 Å². The van der Waals surface area contributed by atoms with E-state index in [0.717, 1.165) is 50.6 Å². The molecule has 180 valence electrons. The van der Waals surface area contributed by atoms with Crippen molar-refractivity contribution in [2.75, 3.05) is 26.7 Å². The summed E-state index contributed by atoms with van der Waals surface area (Å²) in [6, 6.07) is 11.4. The third-order valence-electron chi connectivity index (χ3n) is 7.69. The molecule has 2 saturated heterocycles. The fourth-order valence-corrected chi connectivity index (χ4v) is 5.84. The molecule has 2 fully saturated rings. The minimum atomic E-state index is 0.237. The van der Waals surface area contributed by atoms with Crippen molar-refractivity contribution >= 4 is 5.91 Å². The van der Waals surface area contributed by atoms with Crippen LogP contribution in [0.3, 0.4) is 0 Å². The van der Waals surface area contributed by atoms with Gasteiger partial charge in [-0.05, 0) is 64.0 Å². The fraction of sp³-hybridized carbons (Fsp3) is 0.630. The van der Waals surface area contributed by atoms with Gasteiger partial charge in [-0.2, -0.15) is 5.10 Å². The fourth-order valence-electron chi connectivity index (χ4n) is 5.84. The molecule has 0 unspecified atom stereocenters. The largest absolute Gasteiger partial charge is 0.341 e. The highest BCUT2D eigenvalue weighted by Crippen LogP contribution is 2.31. The van der Waals surface area contributed by atoms with Crippen molar-refractivity contribution in [3.63, 3.8) is 0 Å². The van der Waals surface area contributed by atoms with Crippen molar-refractivity contribution in [1.82, 2.24) is 24.9 Å². The number of nitrogens with one attached hydrogen (secondary N) is 1. The summed E-state index contributed by atoms with van der Waals surface area (Å²) in [5.74, 6) is 1.69. The average molecular weight is 452 g/mol. The van der Waals surface area contributed by atoms with Crippen LogP contribution < -0.4 is 5.32 Å². The summed E-state index contributed by atoms with van der Waals surface area (Å²) in [6.45, 7) is 12.3. The number of piperidine rings is 2. The van der Waals surface area contributed by atoms with Crippen molar-refractivity contribution in [1.29, 1.82) is 0 Å². The van der Waals surface area contributed by atoms with Crippen LogP contribution in [0.1, 0.15) is 55.1 Å². The zero-order chi connectivity index (χ0) is 23.4. The maximum Gasteiger partial charge on any atom is 0.222 e. The van der Waals surface area contributed by atoms with Crippen molar-refractivity contribution < 1.29 is 4.79 Å². The molecule has 1 aromatic heterocycles. The highest BCUT2D eigenvalue weighted by molar-refractivity contribution is 5.75. The van der Waals surface area contributed by atoms with Gasteiger partial charge in [0.15, 0.2) is 0 Å². The van der Waals surface area contributed by atoms with Gasteiger partial charge in [-0.3, -0.25) is 14.4 Å². The second kappa shape index (κ2) is 10.8. The van der Waals surface area contributed by atoms with Crippen LogP contribution in [0.5, 0.6) is 0 Å². The third kappa shape index (κ3) is 5.85. The van der Waals surface area contributed by atoms with Crippen molar-refractivity contribution in [2.45, 2.75) is 72.1 Å². The predicted octanol–water partition coefficient (Wildman–Crippen LogP) is 3.76. The molecule has 3 heterocycles. The summed E-state index contributed by atoms with van der Waals surface area (Å²) in [5.41, 5.74) is 4.80. The van der Waals surface area contributed by atoms with Crippen LogP contribution in [0.2, 0.25) is 0 Å². The van der Waals surface area contributed by atoms with Crippen molar-refractivity contribution in [2.24, 2.45) is 11.8 Å². The molecule has 6 heteroatoms. The number of rotatable bonds is 9. The van der Waals surface area contributed by atoms with E-state index in [4.69, 9.17) is 0 Å². The van der Waals surface area contributed by atoms with E-state index in [1.165, 1.54) is 29.8 Å². The predicted molar refractivity (Wildman–Crippen MR) is 133 cm³/mol. The van der Waals surface area contributed by atoms with E-state index in [-0.39, 0.29) is 5.91 Å². The van der Waals surface area contributed by atoms with E-state index in [1.807, 2.05) is 23.6 Å². The quantitative estimate of drug-likeness (QED) is 0.631. The van der Waals surface area contributed by atoms with Crippen LogP contribution in [0.25, 0.3) is 0 Å². The van der Waals surface area contributed by atoms with Crippen molar-refractivity contribution in [3.05, 3.63) is 52.8 Å². The summed E-state index contributed by atoms with van der Waals surface area (Å²) < 4.78 is 2.02. The van der Waals surface area contributed by atoms with Crippen LogP contribution in [0.15, 0.2) is 30.3 Å². The summed E-state index contributed by atoms with van der Waals surface area (Å²) in [6.07, 6.45) is 3.99. The first-order chi connectivity index (χ1) is 15.9. The molecule has 0 saturated carbocycles. The molecule has 1 aromatic carbocycles. The number of aromatic nitrogens is 2. The minimum Gasteiger partial charge on any atom is -0.341 e. The van der Waals surface area contributed by atoms with E-state index in [9.17, 15) is 4.79 Å². The smallest absolute Gasteiger partial charge is 0.222 e. The molecule has 2 aromatic rings. The Balaban J connectivity index is 1.24. The van der Waals surface area contributed by atoms with Crippen LogP contribution in [0.4, 0.5) is 0 Å². The SMILES string of the molecule is CCn1nc(C)c(CN(C)C(=O)CCC[C@H]2NC[C@@H]3C[C@@H]2CN(Cc2ccccc2)C3)c1C.